The number of hydrogen-bond acceptors (Lipinski definition) is 6. The molecule has 1 aromatic carbocycles. The Kier molecular flexibility index (Phi) is 7.50. The molecule has 0 aliphatic carbocycles. The van der Waals surface area contributed by atoms with E-state index in [1.807, 2.05) is 13.8 Å². The van der Waals surface area contributed by atoms with Crippen LogP contribution in [-0.2, 0) is 21.4 Å². The van der Waals surface area contributed by atoms with Gasteiger partial charge >= 0.3 is 0 Å². The molecule has 28 heavy (non-hydrogen) atoms. The normalized spacial score (nSPS) is 12.8. The lowest BCUT2D eigenvalue weighted by Crippen LogP contribution is -2.49. The summed E-state index contributed by atoms with van der Waals surface area (Å²) in [6.07, 6.45) is 1.78. The summed E-state index contributed by atoms with van der Waals surface area (Å²) in [5.74, 6) is -0.261. The van der Waals surface area contributed by atoms with Crippen LogP contribution in [0.15, 0.2) is 53.6 Å². The fourth-order valence-electron chi connectivity index (χ4n) is 2.77. The topological polar surface area (TPSA) is 109 Å². The van der Waals surface area contributed by atoms with Gasteiger partial charge in [-0.2, -0.15) is 4.31 Å². The molecule has 2 aromatic rings. The molecule has 1 aromatic heterocycles. The molecule has 1 heterocycles. The summed E-state index contributed by atoms with van der Waals surface area (Å²) >= 11 is 0. The first-order chi connectivity index (χ1) is 13.3. The van der Waals surface area contributed by atoms with Gasteiger partial charge in [0.1, 0.15) is 11.8 Å². The van der Waals surface area contributed by atoms with Gasteiger partial charge < -0.3 is 4.74 Å². The fourth-order valence-corrected chi connectivity index (χ4v) is 4.34. The molecule has 152 valence electrons. The lowest BCUT2D eigenvalue weighted by molar-refractivity contribution is -0.133. The summed E-state index contributed by atoms with van der Waals surface area (Å²) in [4.78, 5) is 16.5. The van der Waals surface area contributed by atoms with E-state index in [1.165, 1.54) is 31.4 Å². The van der Waals surface area contributed by atoms with Crippen LogP contribution in [0.3, 0.4) is 0 Å². The summed E-state index contributed by atoms with van der Waals surface area (Å²) in [7, 11) is -2.57. The van der Waals surface area contributed by atoms with Crippen molar-refractivity contribution in [3.8, 4) is 5.75 Å². The first kappa shape index (κ1) is 21.8. The van der Waals surface area contributed by atoms with Crippen molar-refractivity contribution >= 4 is 15.9 Å². The second-order valence-corrected chi connectivity index (χ2v) is 8.56. The zero-order valence-electron chi connectivity index (χ0n) is 16.1. The highest BCUT2D eigenvalue weighted by Gasteiger charge is 2.36. The van der Waals surface area contributed by atoms with Gasteiger partial charge in [0.25, 0.3) is 5.91 Å². The standard InChI is InChI=1S/C19H25N3O5S/c1-14(2)12-18(19(23)21-24)22(13-15-6-4-5-11-20-15)28(25,26)17-9-7-16(27-3)8-10-17/h4-11,14,18,24H,12-13H2,1-3H3,(H,21,23)/t18-/m1/s1. The first-order valence-corrected chi connectivity index (χ1v) is 10.2. The number of carbonyl (C=O) groups is 1. The third-order valence-electron chi connectivity index (χ3n) is 4.17. The quantitative estimate of drug-likeness (QED) is 0.487. The van der Waals surface area contributed by atoms with E-state index < -0.39 is 22.0 Å². The van der Waals surface area contributed by atoms with Crippen LogP contribution in [0.4, 0.5) is 0 Å². The van der Waals surface area contributed by atoms with E-state index in [2.05, 4.69) is 4.98 Å². The Morgan fingerprint density at radius 3 is 2.39 bits per heavy atom. The van der Waals surface area contributed by atoms with Crippen LogP contribution in [0.25, 0.3) is 0 Å². The highest BCUT2D eigenvalue weighted by Crippen LogP contribution is 2.25. The van der Waals surface area contributed by atoms with Crippen molar-refractivity contribution in [3.05, 3.63) is 54.4 Å². The molecule has 2 rings (SSSR count). The van der Waals surface area contributed by atoms with Gasteiger partial charge in [-0.25, -0.2) is 13.9 Å². The van der Waals surface area contributed by atoms with Crippen molar-refractivity contribution in [1.82, 2.24) is 14.8 Å². The number of methoxy groups -OCH3 is 1. The van der Waals surface area contributed by atoms with Crippen LogP contribution in [0.1, 0.15) is 26.0 Å². The summed E-state index contributed by atoms with van der Waals surface area (Å²) in [5.41, 5.74) is 2.08. The molecule has 0 unspecified atom stereocenters. The number of hydroxylamine groups is 1. The maximum Gasteiger partial charge on any atom is 0.261 e. The molecule has 0 fully saturated rings. The van der Waals surface area contributed by atoms with Crippen LogP contribution < -0.4 is 10.2 Å². The maximum absolute atomic E-state index is 13.4. The van der Waals surface area contributed by atoms with Crippen molar-refractivity contribution in [1.29, 1.82) is 0 Å². The number of nitrogens with one attached hydrogen (secondary N) is 1. The Labute approximate surface area is 165 Å². The average Bonchev–Trinajstić information content (AvgIpc) is 2.70. The van der Waals surface area contributed by atoms with Gasteiger partial charge in [-0.1, -0.05) is 19.9 Å². The Balaban J connectivity index is 2.52. The highest BCUT2D eigenvalue weighted by molar-refractivity contribution is 7.89. The number of carbonyl (C=O) groups excluding carboxylic acids is 1. The molecule has 0 spiro atoms. The number of nitrogens with zero attached hydrogens (tertiary/aromatic N) is 2. The molecule has 9 heteroatoms. The largest absolute Gasteiger partial charge is 0.497 e. The number of aromatic nitrogens is 1. The Bertz CT molecular complexity index is 870. The van der Waals surface area contributed by atoms with Crippen LogP contribution >= 0.6 is 0 Å². The monoisotopic (exact) mass is 407 g/mol. The van der Waals surface area contributed by atoms with Gasteiger partial charge in [0, 0.05) is 6.20 Å². The van der Waals surface area contributed by atoms with E-state index >= 15 is 0 Å². The molecule has 8 nitrogen and oxygen atoms in total. The predicted octanol–water partition coefficient (Wildman–Crippen LogP) is 2.20. The number of ether oxygens (including phenoxy) is 1. The molecule has 2 N–H and O–H groups in total. The van der Waals surface area contributed by atoms with E-state index in [0.717, 1.165) is 4.31 Å². The predicted molar refractivity (Wildman–Crippen MR) is 103 cm³/mol. The van der Waals surface area contributed by atoms with Crippen LogP contribution in [0.2, 0.25) is 0 Å². The third kappa shape index (κ3) is 5.28. The van der Waals surface area contributed by atoms with Crippen LogP contribution in [0, 0.1) is 5.92 Å². The van der Waals surface area contributed by atoms with Gasteiger partial charge in [0.15, 0.2) is 0 Å². The molecule has 1 atom stereocenters. The molecule has 0 bridgehead atoms. The highest BCUT2D eigenvalue weighted by atomic mass is 32.2. The molecule has 1 amide bonds. The SMILES string of the molecule is COc1ccc(S(=O)(=O)N(Cc2ccccn2)[C@H](CC(C)C)C(=O)NO)cc1. The van der Waals surface area contributed by atoms with Gasteiger partial charge in [-0.3, -0.25) is 15.0 Å². The number of benzene rings is 1. The van der Waals surface area contributed by atoms with Crippen molar-refractivity contribution in [2.75, 3.05) is 7.11 Å². The van der Waals surface area contributed by atoms with Crippen molar-refractivity contribution < 1.29 is 23.2 Å². The van der Waals surface area contributed by atoms with Gasteiger partial charge in [-0.05, 0) is 48.7 Å². The lowest BCUT2D eigenvalue weighted by Gasteiger charge is -2.30. The number of amides is 1. The zero-order chi connectivity index (χ0) is 20.7. The third-order valence-corrected chi connectivity index (χ3v) is 6.03. The fraction of sp³-hybridized carbons (Fsp3) is 0.368. The smallest absolute Gasteiger partial charge is 0.261 e. The van der Waals surface area contributed by atoms with Crippen molar-refractivity contribution in [2.45, 2.75) is 37.8 Å². The summed E-state index contributed by atoms with van der Waals surface area (Å²) < 4.78 is 32.9. The van der Waals surface area contributed by atoms with Crippen molar-refractivity contribution in [3.63, 3.8) is 0 Å². The minimum atomic E-state index is -4.06. The van der Waals surface area contributed by atoms with Gasteiger partial charge in [0.05, 0.1) is 24.2 Å². The molecule has 0 radical (unpaired) electrons. The molecule has 0 saturated carbocycles. The van der Waals surface area contributed by atoms with E-state index in [9.17, 15) is 18.4 Å². The summed E-state index contributed by atoms with van der Waals surface area (Å²) in [6.45, 7) is 3.63. The second-order valence-electron chi connectivity index (χ2n) is 6.67. The minimum Gasteiger partial charge on any atom is -0.497 e. The number of sulfonamides is 1. The molecular formula is C19H25N3O5S. The number of rotatable bonds is 9. The Morgan fingerprint density at radius 2 is 1.89 bits per heavy atom. The Morgan fingerprint density at radius 1 is 1.21 bits per heavy atom. The summed E-state index contributed by atoms with van der Waals surface area (Å²) in [6, 6.07) is 9.96. The van der Waals surface area contributed by atoms with E-state index in [0.29, 0.717) is 11.4 Å². The van der Waals surface area contributed by atoms with E-state index in [4.69, 9.17) is 4.74 Å². The second kappa shape index (κ2) is 9.63. The van der Waals surface area contributed by atoms with Crippen molar-refractivity contribution in [2.24, 2.45) is 5.92 Å². The van der Waals surface area contributed by atoms with E-state index in [1.54, 1.807) is 29.9 Å². The van der Waals surface area contributed by atoms with Gasteiger partial charge in [-0.15, -0.1) is 0 Å². The van der Waals surface area contributed by atoms with Crippen LogP contribution in [0.5, 0.6) is 5.75 Å². The first-order valence-electron chi connectivity index (χ1n) is 8.79. The average molecular weight is 407 g/mol. The molecule has 0 saturated heterocycles. The number of pyridine rings is 1. The molecule has 0 aliphatic heterocycles. The molecule has 0 aliphatic rings. The number of hydrogen-bond donors (Lipinski definition) is 2. The maximum atomic E-state index is 13.4. The molecular weight excluding hydrogens is 382 g/mol. The lowest BCUT2D eigenvalue weighted by atomic mass is 10.0. The zero-order valence-corrected chi connectivity index (χ0v) is 16.9. The van der Waals surface area contributed by atoms with Crippen LogP contribution in [-0.4, -0.2) is 42.0 Å². The Hall–Kier alpha value is -2.49. The van der Waals surface area contributed by atoms with Gasteiger partial charge in [0.2, 0.25) is 10.0 Å². The van der Waals surface area contributed by atoms with E-state index in [-0.39, 0.29) is 23.8 Å². The summed E-state index contributed by atoms with van der Waals surface area (Å²) in [5, 5.41) is 9.18. The minimum absolute atomic E-state index is 0.0135.